The third-order valence-electron chi connectivity index (χ3n) is 4.91. The molecule has 4 rings (SSSR count). The Kier molecular flexibility index (Phi) is 5.80. The van der Waals surface area contributed by atoms with Crippen LogP contribution < -0.4 is 10.2 Å². The summed E-state index contributed by atoms with van der Waals surface area (Å²) in [5.41, 5.74) is 1.66. The molecule has 1 heterocycles. The lowest BCUT2D eigenvalue weighted by Gasteiger charge is -2.32. The molecule has 0 bridgehead atoms. The number of benzene rings is 3. The topological polar surface area (TPSA) is 78.8 Å². The highest BCUT2D eigenvalue weighted by Gasteiger charge is 2.32. The van der Waals surface area contributed by atoms with E-state index in [1.165, 1.54) is 24.3 Å². The van der Waals surface area contributed by atoms with Crippen molar-refractivity contribution in [1.82, 2.24) is 0 Å². The Morgan fingerprint density at radius 2 is 1.78 bits per heavy atom. The molecule has 0 aliphatic carbocycles. The Labute approximate surface area is 186 Å². The first kappa shape index (κ1) is 21.7. The molecule has 1 aliphatic heterocycles. The Balaban J connectivity index is 1.76. The van der Waals surface area contributed by atoms with E-state index in [9.17, 15) is 17.6 Å². The minimum absolute atomic E-state index is 0.00842. The highest BCUT2D eigenvalue weighted by atomic mass is 32.2. The Morgan fingerprint density at radius 3 is 2.47 bits per heavy atom. The summed E-state index contributed by atoms with van der Waals surface area (Å²) >= 11 is 0. The van der Waals surface area contributed by atoms with Gasteiger partial charge in [-0.3, -0.25) is 9.69 Å². The van der Waals surface area contributed by atoms with Gasteiger partial charge in [-0.2, -0.15) is 8.42 Å². The number of carbonyl (C=O) groups excluding carboxylic acids is 1. The molecule has 1 N–H and O–H groups in total. The van der Waals surface area contributed by atoms with E-state index < -0.39 is 21.7 Å². The molecule has 3 aromatic rings. The molecule has 1 amide bonds. The molecule has 0 aromatic heterocycles. The van der Waals surface area contributed by atoms with Gasteiger partial charge in [-0.15, -0.1) is 4.40 Å². The van der Waals surface area contributed by atoms with Crippen molar-refractivity contribution in [2.24, 2.45) is 10.3 Å². The fraction of sp³-hybridized carbons (Fsp3) is 0.167. The monoisotopic (exact) mass is 451 g/mol. The zero-order chi connectivity index (χ0) is 22.9. The lowest BCUT2D eigenvalue weighted by molar-refractivity contribution is 0.102. The van der Waals surface area contributed by atoms with Crippen LogP contribution in [0, 0.1) is 11.7 Å². The fourth-order valence-electron chi connectivity index (χ4n) is 3.54. The number of hydrogen-bond donors (Lipinski definition) is 1. The van der Waals surface area contributed by atoms with E-state index >= 15 is 0 Å². The van der Waals surface area contributed by atoms with Gasteiger partial charge in [0.1, 0.15) is 16.5 Å². The molecule has 164 valence electrons. The van der Waals surface area contributed by atoms with Crippen molar-refractivity contribution in [2.75, 3.05) is 10.2 Å². The van der Waals surface area contributed by atoms with Crippen LogP contribution >= 0.6 is 0 Å². The maximum absolute atomic E-state index is 13.4. The number of halogens is 1. The second-order valence-electron chi connectivity index (χ2n) is 7.90. The Bertz CT molecular complexity index is 1310. The van der Waals surface area contributed by atoms with Gasteiger partial charge in [0.2, 0.25) is 0 Å². The van der Waals surface area contributed by atoms with Crippen molar-refractivity contribution < 1.29 is 17.6 Å². The number of para-hydroxylation sites is 1. The van der Waals surface area contributed by atoms with Crippen LogP contribution in [0.2, 0.25) is 0 Å². The summed E-state index contributed by atoms with van der Waals surface area (Å²) in [6.07, 6.45) is 0.478. The third-order valence-corrected chi connectivity index (χ3v) is 6.25. The van der Waals surface area contributed by atoms with Crippen LogP contribution in [-0.2, 0) is 10.0 Å². The molecule has 0 atom stereocenters. The Morgan fingerprint density at radius 1 is 1.03 bits per heavy atom. The molecule has 0 radical (unpaired) electrons. The van der Waals surface area contributed by atoms with Gasteiger partial charge < -0.3 is 5.32 Å². The maximum atomic E-state index is 13.4. The molecule has 32 heavy (non-hydrogen) atoms. The normalized spacial score (nSPS) is 14.6. The zero-order valence-electron chi connectivity index (χ0n) is 17.6. The van der Waals surface area contributed by atoms with E-state index in [-0.39, 0.29) is 22.1 Å². The number of nitrogens with one attached hydrogen (secondary N) is 1. The molecule has 3 aromatic carbocycles. The predicted octanol–water partition coefficient (Wildman–Crippen LogP) is 5.36. The van der Waals surface area contributed by atoms with Gasteiger partial charge >= 0.3 is 0 Å². The predicted molar refractivity (Wildman–Crippen MR) is 123 cm³/mol. The van der Waals surface area contributed by atoms with Gasteiger partial charge in [0.15, 0.2) is 0 Å². The lowest BCUT2D eigenvalue weighted by Crippen LogP contribution is -2.33. The summed E-state index contributed by atoms with van der Waals surface area (Å²) in [5.74, 6) is -0.436. The summed E-state index contributed by atoms with van der Waals surface area (Å²) in [6.45, 7) is 4.00. The van der Waals surface area contributed by atoms with Crippen LogP contribution in [0.1, 0.15) is 30.6 Å². The first-order valence-corrected chi connectivity index (χ1v) is 11.6. The molecular formula is C24H22FN3O3S. The summed E-state index contributed by atoms with van der Waals surface area (Å²) in [6, 6.07) is 19.3. The molecule has 1 aliphatic rings. The number of sulfonamides is 1. The summed E-state index contributed by atoms with van der Waals surface area (Å²) in [5, 5.41) is 2.63. The molecular weight excluding hydrogens is 429 g/mol. The quantitative estimate of drug-likeness (QED) is 0.566. The van der Waals surface area contributed by atoms with Crippen molar-refractivity contribution in [3.05, 3.63) is 84.2 Å². The fourth-order valence-corrected chi connectivity index (χ4v) is 4.77. The summed E-state index contributed by atoms with van der Waals surface area (Å²) < 4.78 is 43.6. The minimum atomic E-state index is -3.97. The second-order valence-corrected chi connectivity index (χ2v) is 9.47. The molecule has 0 saturated carbocycles. The van der Waals surface area contributed by atoms with Crippen LogP contribution in [0.3, 0.4) is 0 Å². The number of nitrogens with zero attached hydrogens (tertiary/aromatic N) is 2. The van der Waals surface area contributed by atoms with Crippen LogP contribution in [0.4, 0.5) is 21.5 Å². The summed E-state index contributed by atoms with van der Waals surface area (Å²) in [7, 11) is -3.97. The van der Waals surface area contributed by atoms with Crippen molar-refractivity contribution in [3.63, 3.8) is 0 Å². The SMILES string of the molecule is CC(C)CC1=NS(=O)(=O)c2cc(NC(=O)c3cccc(F)c3)ccc2N1c1ccccc1. The van der Waals surface area contributed by atoms with Crippen molar-refractivity contribution in [3.8, 4) is 0 Å². The smallest absolute Gasteiger partial charge is 0.286 e. The van der Waals surface area contributed by atoms with Crippen LogP contribution in [-0.4, -0.2) is 20.2 Å². The van der Waals surface area contributed by atoms with Gasteiger partial charge in [0, 0.05) is 23.4 Å². The van der Waals surface area contributed by atoms with E-state index in [4.69, 9.17) is 0 Å². The van der Waals surface area contributed by atoms with Crippen LogP contribution in [0.25, 0.3) is 0 Å². The average molecular weight is 452 g/mol. The molecule has 0 spiro atoms. The number of hydrogen-bond acceptors (Lipinski definition) is 4. The van der Waals surface area contributed by atoms with Gasteiger partial charge in [0.25, 0.3) is 15.9 Å². The molecule has 6 nitrogen and oxygen atoms in total. The third kappa shape index (κ3) is 4.40. The van der Waals surface area contributed by atoms with Gasteiger partial charge in [-0.25, -0.2) is 4.39 Å². The van der Waals surface area contributed by atoms with Gasteiger partial charge in [0.05, 0.1) is 5.69 Å². The van der Waals surface area contributed by atoms with E-state index in [1.807, 2.05) is 49.1 Å². The number of amides is 1. The van der Waals surface area contributed by atoms with Crippen molar-refractivity contribution >= 4 is 38.8 Å². The molecule has 0 saturated heterocycles. The molecule has 0 unspecified atom stereocenters. The lowest BCUT2D eigenvalue weighted by atomic mass is 10.1. The maximum Gasteiger partial charge on any atom is 0.286 e. The van der Waals surface area contributed by atoms with Gasteiger partial charge in [-0.05, 0) is 54.4 Å². The average Bonchev–Trinajstić information content (AvgIpc) is 2.74. The van der Waals surface area contributed by atoms with E-state index in [0.29, 0.717) is 17.9 Å². The largest absolute Gasteiger partial charge is 0.322 e. The minimum Gasteiger partial charge on any atom is -0.322 e. The van der Waals surface area contributed by atoms with E-state index in [0.717, 1.165) is 11.8 Å². The molecule has 8 heteroatoms. The van der Waals surface area contributed by atoms with Crippen LogP contribution in [0.5, 0.6) is 0 Å². The number of fused-ring (bicyclic) bond motifs is 1. The molecule has 0 fully saturated rings. The second kappa shape index (κ2) is 8.55. The van der Waals surface area contributed by atoms with E-state index in [1.54, 1.807) is 12.1 Å². The zero-order valence-corrected chi connectivity index (χ0v) is 18.4. The standard InChI is InChI=1S/C24H22FN3O3S/c1-16(2)13-23-27-32(30,31)22-15-19(26-24(29)17-7-6-8-18(25)14-17)11-12-21(22)28(23)20-9-4-3-5-10-20/h3-12,14-16H,13H2,1-2H3,(H,26,29). The number of rotatable bonds is 5. The highest BCUT2D eigenvalue weighted by Crippen LogP contribution is 2.39. The highest BCUT2D eigenvalue weighted by molar-refractivity contribution is 7.90. The summed E-state index contributed by atoms with van der Waals surface area (Å²) in [4.78, 5) is 14.3. The van der Waals surface area contributed by atoms with Crippen molar-refractivity contribution in [1.29, 1.82) is 0 Å². The number of carbonyl (C=O) groups is 1. The van der Waals surface area contributed by atoms with Gasteiger partial charge in [-0.1, -0.05) is 38.1 Å². The van der Waals surface area contributed by atoms with Crippen molar-refractivity contribution in [2.45, 2.75) is 25.2 Å². The number of amidine groups is 1. The first-order chi connectivity index (χ1) is 15.2. The first-order valence-electron chi connectivity index (χ1n) is 10.1. The Hall–Kier alpha value is -3.52. The van der Waals surface area contributed by atoms with Crippen LogP contribution in [0.15, 0.2) is 82.1 Å². The van der Waals surface area contributed by atoms with E-state index in [2.05, 4.69) is 9.71 Å². The number of anilines is 3.